The minimum absolute atomic E-state index is 0.119. The molecule has 2 nitrogen and oxygen atoms in total. The van der Waals surface area contributed by atoms with Crippen molar-refractivity contribution in [2.24, 2.45) is 5.92 Å². The summed E-state index contributed by atoms with van der Waals surface area (Å²) in [6.07, 6.45) is 6.26. The van der Waals surface area contributed by atoms with Gasteiger partial charge >= 0.3 is 0 Å². The molecule has 0 aromatic heterocycles. The molecule has 1 aromatic carbocycles. The molecular formula is C18H22O2. The molecule has 0 bridgehead atoms. The number of allylic oxidation sites excluding steroid dienone is 1. The van der Waals surface area contributed by atoms with Crippen LogP contribution in [-0.2, 0) is 11.8 Å². The Labute approximate surface area is 120 Å². The highest BCUT2D eigenvalue weighted by atomic mass is 16.3. The third-order valence-electron chi connectivity index (χ3n) is 5.88. The summed E-state index contributed by atoms with van der Waals surface area (Å²) >= 11 is 0. The van der Waals surface area contributed by atoms with Gasteiger partial charge in [-0.05, 0) is 67.7 Å². The number of aliphatic hydroxyl groups excluding tert-OH is 1. The molecule has 0 aliphatic heterocycles. The van der Waals surface area contributed by atoms with Crippen molar-refractivity contribution in [1.82, 2.24) is 0 Å². The zero-order chi connectivity index (χ0) is 13.9. The van der Waals surface area contributed by atoms with Crippen LogP contribution in [0.2, 0.25) is 0 Å². The van der Waals surface area contributed by atoms with Crippen LogP contribution in [0.5, 0.6) is 5.75 Å². The fourth-order valence-electron chi connectivity index (χ4n) is 4.92. The van der Waals surface area contributed by atoms with E-state index in [2.05, 4.69) is 13.0 Å². The van der Waals surface area contributed by atoms with E-state index in [0.717, 1.165) is 25.7 Å². The second-order valence-electron chi connectivity index (χ2n) is 7.01. The van der Waals surface area contributed by atoms with E-state index in [9.17, 15) is 10.2 Å². The monoisotopic (exact) mass is 270 g/mol. The first-order chi connectivity index (χ1) is 9.58. The van der Waals surface area contributed by atoms with Crippen LogP contribution in [0.4, 0.5) is 0 Å². The Bertz CT molecular complexity index is 601. The molecule has 3 aliphatic rings. The van der Waals surface area contributed by atoms with E-state index >= 15 is 0 Å². The molecular weight excluding hydrogens is 248 g/mol. The van der Waals surface area contributed by atoms with Crippen molar-refractivity contribution in [1.29, 1.82) is 0 Å². The molecule has 4 rings (SSSR count). The van der Waals surface area contributed by atoms with Crippen LogP contribution in [-0.4, -0.2) is 16.3 Å². The second-order valence-corrected chi connectivity index (χ2v) is 7.01. The van der Waals surface area contributed by atoms with E-state index in [1.54, 1.807) is 11.1 Å². The highest BCUT2D eigenvalue weighted by Crippen LogP contribution is 2.54. The lowest BCUT2D eigenvalue weighted by Crippen LogP contribution is -2.35. The summed E-state index contributed by atoms with van der Waals surface area (Å²) in [4.78, 5) is 0. The Kier molecular flexibility index (Phi) is 2.56. The van der Waals surface area contributed by atoms with E-state index in [1.165, 1.54) is 24.0 Å². The maximum Gasteiger partial charge on any atom is 0.115 e. The number of phenols is 1. The predicted octanol–water partition coefficient (Wildman–Crippen LogP) is 3.46. The molecule has 20 heavy (non-hydrogen) atoms. The van der Waals surface area contributed by atoms with Gasteiger partial charge in [0.1, 0.15) is 5.75 Å². The highest BCUT2D eigenvalue weighted by molar-refractivity contribution is 5.51. The molecule has 2 heteroatoms. The summed E-state index contributed by atoms with van der Waals surface area (Å²) in [5, 5.41) is 19.7. The number of aromatic hydroxyl groups is 1. The Morgan fingerprint density at radius 3 is 2.95 bits per heavy atom. The van der Waals surface area contributed by atoms with Gasteiger partial charge in [-0.2, -0.15) is 0 Å². The quantitative estimate of drug-likeness (QED) is 0.709. The summed E-state index contributed by atoms with van der Waals surface area (Å²) in [6.45, 7) is 2.37. The smallest absolute Gasteiger partial charge is 0.115 e. The summed E-state index contributed by atoms with van der Waals surface area (Å²) in [6, 6.07) is 5.89. The van der Waals surface area contributed by atoms with Crippen molar-refractivity contribution < 1.29 is 10.2 Å². The van der Waals surface area contributed by atoms with Crippen molar-refractivity contribution in [2.45, 2.75) is 57.0 Å². The van der Waals surface area contributed by atoms with Gasteiger partial charge in [-0.25, -0.2) is 0 Å². The second kappa shape index (κ2) is 4.11. The normalized spacial score (nSPS) is 35.5. The Morgan fingerprint density at radius 2 is 2.10 bits per heavy atom. The number of rotatable bonds is 0. The molecule has 106 valence electrons. The molecule has 1 aromatic rings. The topological polar surface area (TPSA) is 40.5 Å². The minimum Gasteiger partial charge on any atom is -0.508 e. The predicted molar refractivity (Wildman–Crippen MR) is 78.8 cm³/mol. The number of aliphatic hydroxyl groups is 1. The van der Waals surface area contributed by atoms with Crippen molar-refractivity contribution >= 4 is 0 Å². The molecule has 1 saturated carbocycles. The van der Waals surface area contributed by atoms with E-state index in [0.29, 0.717) is 11.7 Å². The van der Waals surface area contributed by atoms with E-state index < -0.39 is 0 Å². The first-order valence-electron chi connectivity index (χ1n) is 7.81. The van der Waals surface area contributed by atoms with E-state index in [-0.39, 0.29) is 11.5 Å². The lowest BCUT2D eigenvalue weighted by atomic mass is 9.60. The lowest BCUT2D eigenvalue weighted by molar-refractivity contribution is 0.177. The van der Waals surface area contributed by atoms with Crippen LogP contribution >= 0.6 is 0 Å². The van der Waals surface area contributed by atoms with Gasteiger partial charge in [0.2, 0.25) is 0 Å². The molecule has 1 fully saturated rings. The Hall–Kier alpha value is -1.28. The zero-order valence-electron chi connectivity index (χ0n) is 12.0. The molecule has 0 radical (unpaired) electrons. The fraction of sp³-hybridized carbons (Fsp3) is 0.556. The number of aryl methyl sites for hydroxylation is 1. The third-order valence-corrected chi connectivity index (χ3v) is 5.88. The number of hydrogen-bond acceptors (Lipinski definition) is 2. The van der Waals surface area contributed by atoms with Gasteiger partial charge in [0.05, 0.1) is 6.10 Å². The third kappa shape index (κ3) is 1.61. The number of benzene rings is 1. The van der Waals surface area contributed by atoms with Gasteiger partial charge in [-0.3, -0.25) is 0 Å². The van der Waals surface area contributed by atoms with Crippen LogP contribution in [0.25, 0.3) is 0 Å². The van der Waals surface area contributed by atoms with E-state index in [4.69, 9.17) is 0 Å². The van der Waals surface area contributed by atoms with Crippen molar-refractivity contribution in [3.05, 3.63) is 40.5 Å². The maximum absolute atomic E-state index is 10.00. The largest absolute Gasteiger partial charge is 0.508 e. The molecule has 3 atom stereocenters. The summed E-state index contributed by atoms with van der Waals surface area (Å²) < 4.78 is 0. The standard InChI is InChI=1S/C18H22O2/c1-18-7-6-11-8-14(20)10-15(11)17(18)4-2-12-9-13(19)3-5-16(12)18/h3,5,9,11,14,19-20H,2,4,6-8,10H2,1H3. The van der Waals surface area contributed by atoms with Gasteiger partial charge in [-0.15, -0.1) is 0 Å². The van der Waals surface area contributed by atoms with Gasteiger partial charge in [0.15, 0.2) is 0 Å². The van der Waals surface area contributed by atoms with Crippen molar-refractivity contribution in [2.75, 3.05) is 0 Å². The van der Waals surface area contributed by atoms with Gasteiger partial charge in [0.25, 0.3) is 0 Å². The van der Waals surface area contributed by atoms with Gasteiger partial charge in [0, 0.05) is 5.41 Å². The van der Waals surface area contributed by atoms with Crippen LogP contribution < -0.4 is 0 Å². The molecule has 0 saturated heterocycles. The summed E-state index contributed by atoms with van der Waals surface area (Å²) in [5.74, 6) is 1.01. The highest BCUT2D eigenvalue weighted by Gasteiger charge is 2.44. The van der Waals surface area contributed by atoms with Gasteiger partial charge in [-0.1, -0.05) is 24.1 Å². The zero-order valence-corrected chi connectivity index (χ0v) is 12.0. The van der Waals surface area contributed by atoms with Crippen LogP contribution in [0.15, 0.2) is 29.3 Å². The van der Waals surface area contributed by atoms with Crippen LogP contribution in [0, 0.1) is 5.92 Å². The van der Waals surface area contributed by atoms with Crippen molar-refractivity contribution in [3.63, 3.8) is 0 Å². The average Bonchev–Trinajstić information content (AvgIpc) is 2.78. The SMILES string of the molecule is CC12CCC3CC(O)CC3=C1CCc1cc(O)ccc12. The average molecular weight is 270 g/mol. The van der Waals surface area contributed by atoms with Crippen molar-refractivity contribution in [3.8, 4) is 5.75 Å². The number of phenolic OH excluding ortho intramolecular Hbond substituents is 1. The molecule has 3 aliphatic carbocycles. The molecule has 0 heterocycles. The fourth-order valence-corrected chi connectivity index (χ4v) is 4.92. The summed E-state index contributed by atoms with van der Waals surface area (Å²) in [5.41, 5.74) is 6.02. The van der Waals surface area contributed by atoms with Crippen LogP contribution in [0.1, 0.15) is 50.2 Å². The summed E-state index contributed by atoms with van der Waals surface area (Å²) in [7, 11) is 0. The van der Waals surface area contributed by atoms with Crippen LogP contribution in [0.3, 0.4) is 0 Å². The Morgan fingerprint density at radius 1 is 1.25 bits per heavy atom. The minimum atomic E-state index is -0.119. The van der Waals surface area contributed by atoms with E-state index in [1.807, 2.05) is 12.1 Å². The molecule has 0 spiro atoms. The maximum atomic E-state index is 10.00. The molecule has 3 unspecified atom stereocenters. The first-order valence-corrected chi connectivity index (χ1v) is 7.81. The molecule has 2 N–H and O–H groups in total. The lowest BCUT2D eigenvalue weighted by Gasteiger charge is -2.44. The molecule has 0 amide bonds. The number of fused-ring (bicyclic) bond motifs is 4. The Balaban J connectivity index is 1.87. The first kappa shape index (κ1) is 12.5. The number of hydrogen-bond donors (Lipinski definition) is 2. The van der Waals surface area contributed by atoms with Gasteiger partial charge < -0.3 is 10.2 Å².